The van der Waals surface area contributed by atoms with E-state index >= 15 is 0 Å². The van der Waals surface area contributed by atoms with E-state index in [1.165, 1.54) is 31.5 Å². The van der Waals surface area contributed by atoms with Gasteiger partial charge in [-0.25, -0.2) is 0 Å². The molecule has 21 heavy (non-hydrogen) atoms. The third-order valence-corrected chi connectivity index (χ3v) is 4.69. The van der Waals surface area contributed by atoms with Crippen LogP contribution in [0.15, 0.2) is 10.5 Å². The predicted molar refractivity (Wildman–Crippen MR) is 88.3 cm³/mol. The van der Waals surface area contributed by atoms with E-state index in [1.807, 2.05) is 0 Å². The topological polar surface area (TPSA) is 28.4 Å². The molecule has 0 amide bonds. The lowest BCUT2D eigenvalue weighted by atomic mass is 9.80. The van der Waals surface area contributed by atoms with Gasteiger partial charge in [0, 0.05) is 18.7 Å². The van der Waals surface area contributed by atoms with Gasteiger partial charge in [0.1, 0.15) is 11.5 Å². The Balaban J connectivity index is 1.88. The molecule has 0 saturated carbocycles. The van der Waals surface area contributed by atoms with Gasteiger partial charge in [0.15, 0.2) is 0 Å². The number of nitrogens with zero attached hydrogens (tertiary/aromatic N) is 1. The smallest absolute Gasteiger partial charge is 0.118 e. The minimum atomic E-state index is 0.420. The molecule has 2 heterocycles. The lowest BCUT2D eigenvalue weighted by Crippen LogP contribution is -2.25. The Morgan fingerprint density at radius 3 is 2.76 bits per heavy atom. The van der Waals surface area contributed by atoms with Gasteiger partial charge in [-0.15, -0.1) is 0 Å². The third kappa shape index (κ3) is 4.58. The van der Waals surface area contributed by atoms with Crippen LogP contribution < -0.4 is 5.32 Å². The number of rotatable bonds is 6. The molecule has 0 spiro atoms. The average molecular weight is 292 g/mol. The van der Waals surface area contributed by atoms with Gasteiger partial charge >= 0.3 is 0 Å². The molecule has 1 aromatic heterocycles. The lowest BCUT2D eigenvalue weighted by molar-refractivity contribution is 0.219. The molecule has 0 aliphatic carbocycles. The molecule has 1 atom stereocenters. The second-order valence-corrected chi connectivity index (χ2v) is 7.56. The maximum atomic E-state index is 5.95. The second-order valence-electron chi connectivity index (χ2n) is 7.56. The number of likely N-dealkylation sites (tertiary alicyclic amines) is 1. The molecule has 0 radical (unpaired) electrons. The van der Waals surface area contributed by atoms with Crippen LogP contribution in [0, 0.1) is 18.3 Å². The molecule has 1 aliphatic rings. The monoisotopic (exact) mass is 292 g/mol. The van der Waals surface area contributed by atoms with Crippen LogP contribution in [0.25, 0.3) is 0 Å². The minimum absolute atomic E-state index is 0.420. The first-order valence-electron chi connectivity index (χ1n) is 8.41. The molecular weight excluding hydrogens is 260 g/mol. The molecule has 1 saturated heterocycles. The first-order chi connectivity index (χ1) is 9.90. The van der Waals surface area contributed by atoms with Crippen LogP contribution in [-0.2, 0) is 13.1 Å². The van der Waals surface area contributed by atoms with Crippen molar-refractivity contribution in [3.8, 4) is 0 Å². The highest BCUT2D eigenvalue weighted by Crippen LogP contribution is 2.34. The zero-order chi connectivity index (χ0) is 15.5. The van der Waals surface area contributed by atoms with Crippen LogP contribution >= 0.6 is 0 Å². The molecule has 1 unspecified atom stereocenters. The van der Waals surface area contributed by atoms with Gasteiger partial charge in [-0.1, -0.05) is 27.7 Å². The van der Waals surface area contributed by atoms with Gasteiger partial charge in [-0.3, -0.25) is 4.90 Å². The van der Waals surface area contributed by atoms with Crippen molar-refractivity contribution in [1.82, 2.24) is 10.2 Å². The van der Waals surface area contributed by atoms with Crippen LogP contribution in [0.1, 0.15) is 57.6 Å². The first-order valence-corrected chi connectivity index (χ1v) is 8.41. The van der Waals surface area contributed by atoms with Gasteiger partial charge in [0.25, 0.3) is 0 Å². The third-order valence-electron chi connectivity index (χ3n) is 4.69. The Morgan fingerprint density at radius 2 is 2.14 bits per heavy atom. The number of hydrogen-bond acceptors (Lipinski definition) is 3. The lowest BCUT2D eigenvalue weighted by Gasteiger charge is -2.26. The molecule has 3 nitrogen and oxygen atoms in total. The summed E-state index contributed by atoms with van der Waals surface area (Å²) in [6.07, 6.45) is 2.49. The van der Waals surface area contributed by atoms with Crippen LogP contribution in [-0.4, -0.2) is 24.5 Å². The molecule has 2 rings (SSSR count). The van der Waals surface area contributed by atoms with Crippen molar-refractivity contribution in [2.45, 2.75) is 60.5 Å². The van der Waals surface area contributed by atoms with Crippen molar-refractivity contribution >= 4 is 0 Å². The SMILES string of the molecule is CCCNCc1cc(CN2CCC(C(C)(C)C)C2)oc1C. The fraction of sp³-hybridized carbons (Fsp3) is 0.778. The molecule has 0 aromatic carbocycles. The summed E-state index contributed by atoms with van der Waals surface area (Å²) in [5.41, 5.74) is 1.73. The maximum Gasteiger partial charge on any atom is 0.118 e. The standard InChI is InChI=1S/C18H32N2O/c1-6-8-19-11-15-10-17(21-14(15)2)13-20-9-7-16(12-20)18(3,4)5/h10,16,19H,6-9,11-13H2,1-5H3. The normalized spacial score (nSPS) is 20.3. The van der Waals surface area contributed by atoms with Gasteiger partial charge in [0.2, 0.25) is 0 Å². The highest BCUT2D eigenvalue weighted by atomic mass is 16.3. The van der Waals surface area contributed by atoms with Crippen molar-refractivity contribution in [1.29, 1.82) is 0 Å². The van der Waals surface area contributed by atoms with E-state index in [0.29, 0.717) is 5.41 Å². The van der Waals surface area contributed by atoms with Gasteiger partial charge < -0.3 is 9.73 Å². The van der Waals surface area contributed by atoms with Crippen molar-refractivity contribution in [3.05, 3.63) is 23.2 Å². The van der Waals surface area contributed by atoms with Gasteiger partial charge in [-0.2, -0.15) is 0 Å². The molecule has 3 heteroatoms. The summed E-state index contributed by atoms with van der Waals surface area (Å²) in [5, 5.41) is 3.45. The largest absolute Gasteiger partial charge is 0.465 e. The van der Waals surface area contributed by atoms with Crippen molar-refractivity contribution in [2.75, 3.05) is 19.6 Å². The second kappa shape index (κ2) is 6.97. The molecule has 1 aliphatic heterocycles. The Kier molecular flexibility index (Phi) is 5.50. The van der Waals surface area contributed by atoms with Crippen LogP contribution in [0.4, 0.5) is 0 Å². The average Bonchev–Trinajstić information content (AvgIpc) is 2.97. The van der Waals surface area contributed by atoms with E-state index in [-0.39, 0.29) is 0 Å². The summed E-state index contributed by atoms with van der Waals surface area (Å²) in [4.78, 5) is 2.54. The zero-order valence-corrected chi connectivity index (χ0v) is 14.5. The first kappa shape index (κ1) is 16.6. The van der Waals surface area contributed by atoms with Crippen LogP contribution in [0.3, 0.4) is 0 Å². The summed E-state index contributed by atoms with van der Waals surface area (Å²) in [6.45, 7) is 16.7. The molecular formula is C18H32N2O. The molecule has 120 valence electrons. The Morgan fingerprint density at radius 1 is 1.38 bits per heavy atom. The van der Waals surface area contributed by atoms with E-state index in [0.717, 1.165) is 37.1 Å². The molecule has 1 aromatic rings. The summed E-state index contributed by atoms with van der Waals surface area (Å²) in [6, 6.07) is 2.24. The maximum absolute atomic E-state index is 5.95. The van der Waals surface area contributed by atoms with E-state index in [1.54, 1.807) is 0 Å². The van der Waals surface area contributed by atoms with Crippen molar-refractivity contribution in [3.63, 3.8) is 0 Å². The van der Waals surface area contributed by atoms with Crippen molar-refractivity contribution in [2.24, 2.45) is 11.3 Å². The predicted octanol–water partition coefficient (Wildman–Crippen LogP) is 3.96. The Hall–Kier alpha value is -0.800. The van der Waals surface area contributed by atoms with Gasteiger partial charge in [0.05, 0.1) is 6.54 Å². The summed E-state index contributed by atoms with van der Waals surface area (Å²) in [7, 11) is 0. The highest BCUT2D eigenvalue weighted by Gasteiger charge is 2.31. The molecule has 1 N–H and O–H groups in total. The summed E-state index contributed by atoms with van der Waals surface area (Å²) >= 11 is 0. The molecule has 1 fully saturated rings. The van der Waals surface area contributed by atoms with E-state index in [2.05, 4.69) is 50.9 Å². The van der Waals surface area contributed by atoms with Crippen molar-refractivity contribution < 1.29 is 4.42 Å². The Bertz CT molecular complexity index is 445. The zero-order valence-electron chi connectivity index (χ0n) is 14.5. The van der Waals surface area contributed by atoms with E-state index in [9.17, 15) is 0 Å². The quantitative estimate of drug-likeness (QED) is 0.805. The number of aryl methyl sites for hydroxylation is 1. The van der Waals surface area contributed by atoms with Crippen LogP contribution in [0.5, 0.6) is 0 Å². The van der Waals surface area contributed by atoms with Gasteiger partial charge in [-0.05, 0) is 50.3 Å². The fourth-order valence-corrected chi connectivity index (χ4v) is 3.14. The highest BCUT2D eigenvalue weighted by molar-refractivity contribution is 5.20. The van der Waals surface area contributed by atoms with Crippen LogP contribution in [0.2, 0.25) is 0 Å². The van der Waals surface area contributed by atoms with E-state index in [4.69, 9.17) is 4.42 Å². The molecule has 0 bridgehead atoms. The Labute approximate surface area is 130 Å². The minimum Gasteiger partial charge on any atom is -0.465 e. The number of furan rings is 1. The fourth-order valence-electron chi connectivity index (χ4n) is 3.14. The number of nitrogens with one attached hydrogen (secondary N) is 1. The summed E-state index contributed by atoms with van der Waals surface area (Å²) in [5.74, 6) is 3.00. The van der Waals surface area contributed by atoms with E-state index < -0.39 is 0 Å². The number of hydrogen-bond donors (Lipinski definition) is 1. The summed E-state index contributed by atoms with van der Waals surface area (Å²) < 4.78 is 5.95.